The van der Waals surface area contributed by atoms with Gasteiger partial charge in [0.25, 0.3) is 5.91 Å². The highest BCUT2D eigenvalue weighted by Gasteiger charge is 2.20. The molecule has 0 heterocycles. The van der Waals surface area contributed by atoms with Crippen LogP contribution in [-0.4, -0.2) is 56.4 Å². The Balaban J connectivity index is 2.53. The van der Waals surface area contributed by atoms with E-state index in [-0.39, 0.29) is 29.4 Å². The van der Waals surface area contributed by atoms with Crippen molar-refractivity contribution in [1.29, 1.82) is 0 Å². The molecule has 0 fully saturated rings. The van der Waals surface area contributed by atoms with Crippen LogP contribution in [0.1, 0.15) is 23.2 Å². The number of aliphatic imine (C=N–C) groups is 1. The van der Waals surface area contributed by atoms with Crippen LogP contribution >= 0.6 is 0 Å². The van der Waals surface area contributed by atoms with Gasteiger partial charge in [-0.25, -0.2) is 18.4 Å². The molecule has 1 aromatic carbocycles. The summed E-state index contributed by atoms with van der Waals surface area (Å²) in [4.78, 5) is 38.6. The third-order valence-electron chi connectivity index (χ3n) is 3.43. The van der Waals surface area contributed by atoms with E-state index < -0.39 is 40.4 Å². The Labute approximate surface area is 161 Å². The van der Waals surface area contributed by atoms with E-state index in [1.54, 1.807) is 0 Å². The number of rotatable bonds is 10. The molecule has 13 heteroatoms. The van der Waals surface area contributed by atoms with Crippen molar-refractivity contribution in [3.63, 3.8) is 0 Å². The summed E-state index contributed by atoms with van der Waals surface area (Å²) >= 11 is 0. The summed E-state index contributed by atoms with van der Waals surface area (Å²) in [5, 5.41) is 18.7. The topological polar surface area (TPSA) is 220 Å². The van der Waals surface area contributed by atoms with Gasteiger partial charge < -0.3 is 27.2 Å². The Bertz CT molecular complexity index is 848. The smallest absolute Gasteiger partial charge is 0.326 e. The number of carboxylic acids is 1. The molecule has 0 aliphatic rings. The van der Waals surface area contributed by atoms with E-state index in [9.17, 15) is 22.8 Å². The summed E-state index contributed by atoms with van der Waals surface area (Å²) in [5.74, 6) is -2.70. The van der Waals surface area contributed by atoms with Gasteiger partial charge in [0.2, 0.25) is 15.9 Å². The Morgan fingerprint density at radius 3 is 2.25 bits per heavy atom. The summed E-state index contributed by atoms with van der Waals surface area (Å²) < 4.78 is 22.3. The van der Waals surface area contributed by atoms with Crippen molar-refractivity contribution < 1.29 is 27.9 Å². The van der Waals surface area contributed by atoms with Crippen LogP contribution < -0.4 is 27.2 Å². The number of hydrogen-bond acceptors (Lipinski definition) is 6. The van der Waals surface area contributed by atoms with Crippen LogP contribution in [-0.2, 0) is 19.6 Å². The van der Waals surface area contributed by atoms with E-state index in [0.29, 0.717) is 6.42 Å². The fraction of sp³-hybridized carbons (Fsp3) is 0.333. The van der Waals surface area contributed by atoms with Crippen LogP contribution in [0.4, 0.5) is 0 Å². The SMILES string of the molecule is NC(N)=NCCCC(NC(=O)CNC(=O)c1ccc(S(N)(=O)=O)cc1)C(=O)O. The molecular formula is C15H22N6O6S. The molecule has 0 aliphatic carbocycles. The van der Waals surface area contributed by atoms with E-state index in [1.165, 1.54) is 12.1 Å². The van der Waals surface area contributed by atoms with Crippen molar-refractivity contribution in [2.75, 3.05) is 13.1 Å². The van der Waals surface area contributed by atoms with Gasteiger partial charge in [-0.2, -0.15) is 0 Å². The van der Waals surface area contributed by atoms with Gasteiger partial charge in [0, 0.05) is 12.1 Å². The maximum atomic E-state index is 12.0. The molecule has 28 heavy (non-hydrogen) atoms. The Morgan fingerprint density at radius 1 is 1.14 bits per heavy atom. The Morgan fingerprint density at radius 2 is 1.75 bits per heavy atom. The molecule has 9 N–H and O–H groups in total. The molecule has 0 aromatic heterocycles. The van der Waals surface area contributed by atoms with Crippen molar-refractivity contribution in [2.45, 2.75) is 23.8 Å². The predicted molar refractivity (Wildman–Crippen MR) is 99.6 cm³/mol. The molecule has 1 aromatic rings. The van der Waals surface area contributed by atoms with Gasteiger partial charge in [-0.15, -0.1) is 0 Å². The minimum absolute atomic E-state index is 0.0980. The van der Waals surface area contributed by atoms with Crippen molar-refractivity contribution in [3.05, 3.63) is 29.8 Å². The summed E-state index contributed by atoms with van der Waals surface area (Å²) in [6, 6.07) is 3.61. The highest BCUT2D eigenvalue weighted by Crippen LogP contribution is 2.08. The number of carbonyl (C=O) groups excluding carboxylic acids is 2. The number of hydrogen-bond donors (Lipinski definition) is 6. The number of amides is 2. The number of aliphatic carboxylic acids is 1. The van der Waals surface area contributed by atoms with Crippen LogP contribution in [0.5, 0.6) is 0 Å². The fourth-order valence-corrected chi connectivity index (χ4v) is 2.58. The average molecular weight is 414 g/mol. The van der Waals surface area contributed by atoms with E-state index in [0.717, 1.165) is 12.1 Å². The van der Waals surface area contributed by atoms with Crippen LogP contribution in [0.25, 0.3) is 0 Å². The van der Waals surface area contributed by atoms with E-state index >= 15 is 0 Å². The first-order chi connectivity index (χ1) is 13.0. The summed E-state index contributed by atoms with van der Waals surface area (Å²) in [6.45, 7) is -0.249. The van der Waals surface area contributed by atoms with Crippen LogP contribution in [0.15, 0.2) is 34.2 Å². The molecular weight excluding hydrogens is 392 g/mol. The van der Waals surface area contributed by atoms with Crippen LogP contribution in [0, 0.1) is 0 Å². The number of sulfonamides is 1. The lowest BCUT2D eigenvalue weighted by Gasteiger charge is -2.14. The monoisotopic (exact) mass is 414 g/mol. The van der Waals surface area contributed by atoms with Gasteiger partial charge >= 0.3 is 5.97 Å². The standard InChI is InChI=1S/C15H22N6O6S/c16-15(17)19-7-1-2-11(14(24)25)21-12(22)8-20-13(23)9-3-5-10(6-4-9)28(18,26)27/h3-6,11H,1-2,7-8H2,(H,20,23)(H,21,22)(H,24,25)(H4,16,17,19)(H2,18,26,27). The lowest BCUT2D eigenvalue weighted by molar-refractivity contribution is -0.141. The Kier molecular flexibility index (Phi) is 8.34. The molecule has 1 unspecified atom stereocenters. The molecule has 0 spiro atoms. The second-order valence-electron chi connectivity index (χ2n) is 5.66. The number of nitrogens with two attached hydrogens (primary N) is 3. The maximum Gasteiger partial charge on any atom is 0.326 e. The number of nitrogens with one attached hydrogen (secondary N) is 2. The highest BCUT2D eigenvalue weighted by atomic mass is 32.2. The molecule has 2 amide bonds. The summed E-state index contributed by atoms with van der Waals surface area (Å²) in [5.41, 5.74) is 10.4. The van der Waals surface area contributed by atoms with Crippen molar-refractivity contribution in [1.82, 2.24) is 10.6 Å². The normalized spacial score (nSPS) is 11.9. The average Bonchev–Trinajstić information content (AvgIpc) is 2.61. The number of nitrogens with zero attached hydrogens (tertiary/aromatic N) is 1. The fourth-order valence-electron chi connectivity index (χ4n) is 2.06. The van der Waals surface area contributed by atoms with Crippen molar-refractivity contribution >= 4 is 33.8 Å². The minimum atomic E-state index is -3.88. The molecule has 0 saturated carbocycles. The number of benzene rings is 1. The highest BCUT2D eigenvalue weighted by molar-refractivity contribution is 7.89. The lowest BCUT2D eigenvalue weighted by atomic mass is 10.1. The lowest BCUT2D eigenvalue weighted by Crippen LogP contribution is -2.45. The largest absolute Gasteiger partial charge is 0.480 e. The van der Waals surface area contributed by atoms with E-state index in [2.05, 4.69) is 15.6 Å². The first kappa shape index (κ1) is 22.9. The maximum absolute atomic E-state index is 12.0. The molecule has 154 valence electrons. The zero-order chi connectivity index (χ0) is 21.3. The number of carboxylic acid groups (broad SMARTS) is 1. The molecule has 0 saturated heterocycles. The first-order valence-corrected chi connectivity index (χ1v) is 9.54. The number of carbonyl (C=O) groups is 3. The van der Waals surface area contributed by atoms with E-state index in [1.807, 2.05) is 0 Å². The van der Waals surface area contributed by atoms with Gasteiger partial charge in [0.15, 0.2) is 5.96 Å². The summed E-state index contributed by atoms with van der Waals surface area (Å²) in [6.07, 6.45) is 0.429. The minimum Gasteiger partial charge on any atom is -0.480 e. The zero-order valence-electron chi connectivity index (χ0n) is 14.8. The van der Waals surface area contributed by atoms with Crippen molar-refractivity contribution in [2.24, 2.45) is 21.6 Å². The summed E-state index contributed by atoms with van der Waals surface area (Å²) in [7, 11) is -3.88. The zero-order valence-corrected chi connectivity index (χ0v) is 15.6. The molecule has 0 radical (unpaired) electrons. The van der Waals surface area contributed by atoms with Gasteiger partial charge in [0.1, 0.15) is 6.04 Å². The first-order valence-electron chi connectivity index (χ1n) is 7.99. The third kappa shape index (κ3) is 8.01. The molecule has 0 aliphatic heterocycles. The van der Waals surface area contributed by atoms with Crippen LogP contribution in [0.3, 0.4) is 0 Å². The third-order valence-corrected chi connectivity index (χ3v) is 4.36. The molecule has 1 rings (SSSR count). The van der Waals surface area contributed by atoms with Crippen molar-refractivity contribution in [3.8, 4) is 0 Å². The van der Waals surface area contributed by atoms with Gasteiger partial charge in [0.05, 0.1) is 11.4 Å². The quantitative estimate of drug-likeness (QED) is 0.138. The molecule has 1 atom stereocenters. The second kappa shape index (κ2) is 10.2. The Hall–Kier alpha value is -3.19. The molecule has 0 bridgehead atoms. The second-order valence-corrected chi connectivity index (χ2v) is 7.22. The van der Waals surface area contributed by atoms with E-state index in [4.69, 9.17) is 21.7 Å². The molecule has 12 nitrogen and oxygen atoms in total. The number of guanidine groups is 1. The van der Waals surface area contributed by atoms with Gasteiger partial charge in [-0.1, -0.05) is 0 Å². The predicted octanol–water partition coefficient (Wildman–Crippen LogP) is -2.31. The van der Waals surface area contributed by atoms with Gasteiger partial charge in [-0.3, -0.25) is 14.6 Å². The van der Waals surface area contributed by atoms with Gasteiger partial charge in [-0.05, 0) is 37.1 Å². The van der Waals surface area contributed by atoms with Crippen LogP contribution in [0.2, 0.25) is 0 Å². The number of primary sulfonamides is 1.